The van der Waals surface area contributed by atoms with E-state index in [2.05, 4.69) is 155 Å². The predicted molar refractivity (Wildman–Crippen MR) is 194 cm³/mol. The first-order valence-corrected chi connectivity index (χ1v) is 16.1. The number of rotatable bonds is 8. The topological polar surface area (TPSA) is 29.3 Å². The van der Waals surface area contributed by atoms with Crippen LogP contribution in [-0.4, -0.2) is 11.3 Å². The number of hydrogen-bond donors (Lipinski definition) is 1. The van der Waals surface area contributed by atoms with Gasteiger partial charge in [-0.05, 0) is 53.4 Å². The molecule has 45 heavy (non-hydrogen) atoms. The quantitative estimate of drug-likeness (QED) is 0.174. The summed E-state index contributed by atoms with van der Waals surface area (Å²) < 4.78 is 5.10. The van der Waals surface area contributed by atoms with Gasteiger partial charge in [-0.15, -0.1) is 11.3 Å². The molecule has 1 unspecified atom stereocenters. The summed E-state index contributed by atoms with van der Waals surface area (Å²) in [7, 11) is 0. The second kappa shape index (κ2) is 11.6. The number of hydrogen-bond acceptors (Lipinski definition) is 3. The third kappa shape index (κ3) is 4.90. The van der Waals surface area contributed by atoms with E-state index in [9.17, 15) is 0 Å². The van der Waals surface area contributed by atoms with E-state index in [4.69, 9.17) is 0 Å². The third-order valence-corrected chi connectivity index (χ3v) is 9.77. The molecule has 0 aliphatic rings. The molecule has 0 fully saturated rings. The van der Waals surface area contributed by atoms with Crippen molar-refractivity contribution < 1.29 is 0 Å². The van der Waals surface area contributed by atoms with Crippen LogP contribution in [0.25, 0.3) is 53.4 Å². The lowest BCUT2D eigenvalue weighted by Crippen LogP contribution is -2.18. The lowest BCUT2D eigenvalue weighted by molar-refractivity contribution is 0.673. The number of thiophene rings is 1. The number of aromatic nitrogens is 1. The highest BCUT2D eigenvalue weighted by atomic mass is 32.1. The molecule has 6 aromatic carbocycles. The molecule has 0 saturated carbocycles. The van der Waals surface area contributed by atoms with Crippen molar-refractivity contribution in [3.63, 3.8) is 0 Å². The SMILES string of the molecule is C=NC(N/C(=C\Cc1ccccc1)c1ccc(-n2c3c4ccccc4ccc3c3sc4ccccc4c32)cc1)c1ccccc1. The van der Waals surface area contributed by atoms with Crippen LogP contribution < -0.4 is 5.32 Å². The second-order valence-corrected chi connectivity index (χ2v) is 12.3. The van der Waals surface area contributed by atoms with Gasteiger partial charge >= 0.3 is 0 Å². The average molecular weight is 598 g/mol. The Balaban J connectivity index is 1.27. The molecule has 0 aliphatic heterocycles. The molecule has 0 bridgehead atoms. The Morgan fingerprint density at radius 2 is 1.38 bits per heavy atom. The first-order chi connectivity index (χ1) is 22.3. The molecule has 4 heteroatoms. The van der Waals surface area contributed by atoms with Crippen molar-refractivity contribution in [2.75, 3.05) is 0 Å². The van der Waals surface area contributed by atoms with Crippen LogP contribution in [-0.2, 0) is 6.42 Å². The average Bonchev–Trinajstić information content (AvgIpc) is 3.64. The van der Waals surface area contributed by atoms with Gasteiger partial charge in [0.25, 0.3) is 0 Å². The van der Waals surface area contributed by atoms with Gasteiger partial charge in [-0.2, -0.15) is 0 Å². The zero-order chi connectivity index (χ0) is 30.2. The van der Waals surface area contributed by atoms with Crippen molar-refractivity contribution in [3.05, 3.63) is 168 Å². The highest BCUT2D eigenvalue weighted by molar-refractivity contribution is 7.26. The van der Waals surface area contributed by atoms with Crippen molar-refractivity contribution in [1.29, 1.82) is 0 Å². The van der Waals surface area contributed by atoms with Gasteiger partial charge in [0, 0.05) is 32.2 Å². The number of aliphatic imine (C=N–C) groups is 1. The largest absolute Gasteiger partial charge is 0.360 e. The zero-order valence-electron chi connectivity index (χ0n) is 24.7. The van der Waals surface area contributed by atoms with Crippen LogP contribution in [0.3, 0.4) is 0 Å². The maximum absolute atomic E-state index is 4.45. The third-order valence-electron chi connectivity index (χ3n) is 8.57. The molecular formula is C41H31N3S. The monoisotopic (exact) mass is 597 g/mol. The van der Waals surface area contributed by atoms with E-state index in [0.29, 0.717) is 0 Å². The van der Waals surface area contributed by atoms with E-state index in [1.54, 1.807) is 0 Å². The Labute approximate surface area is 266 Å². The predicted octanol–water partition coefficient (Wildman–Crippen LogP) is 10.7. The Morgan fingerprint density at radius 1 is 0.689 bits per heavy atom. The highest BCUT2D eigenvalue weighted by Gasteiger charge is 2.20. The Bertz CT molecular complexity index is 2320. The highest BCUT2D eigenvalue weighted by Crippen LogP contribution is 2.44. The summed E-state index contributed by atoms with van der Waals surface area (Å²) in [4.78, 5) is 4.45. The maximum Gasteiger partial charge on any atom is 0.143 e. The van der Waals surface area contributed by atoms with Crippen LogP contribution in [0, 0.1) is 0 Å². The van der Waals surface area contributed by atoms with Crippen LogP contribution in [0.15, 0.2) is 157 Å². The Hall–Kier alpha value is -5.45. The summed E-state index contributed by atoms with van der Waals surface area (Å²) in [5, 5.41) is 8.78. The molecule has 0 radical (unpaired) electrons. The van der Waals surface area contributed by atoms with Gasteiger partial charge in [0.1, 0.15) is 6.17 Å². The fourth-order valence-electron chi connectivity index (χ4n) is 6.39. The number of nitrogens with zero attached hydrogens (tertiary/aromatic N) is 2. The van der Waals surface area contributed by atoms with Gasteiger partial charge in [0.05, 0.1) is 15.7 Å². The summed E-state index contributed by atoms with van der Waals surface area (Å²) in [6.07, 6.45) is 2.80. The minimum Gasteiger partial charge on any atom is -0.360 e. The molecule has 1 N–H and O–H groups in total. The molecule has 0 saturated heterocycles. The standard InChI is InChI=1S/C41H31N3S/c1-42-41(31-15-6-3-7-16-31)43-36(27-20-28-12-4-2-5-13-28)30-21-24-32(25-22-30)44-38-33-17-9-8-14-29(33)23-26-35(38)40-39(44)34-18-10-11-19-37(34)45-40/h2-19,21-27,41,43H,1,20H2/b36-27-. The lowest BCUT2D eigenvalue weighted by Gasteiger charge is -2.20. The summed E-state index contributed by atoms with van der Waals surface area (Å²) >= 11 is 1.88. The van der Waals surface area contributed by atoms with Crippen LogP contribution in [0.4, 0.5) is 0 Å². The molecule has 0 spiro atoms. The molecule has 0 amide bonds. The number of fused-ring (bicyclic) bond motifs is 7. The van der Waals surface area contributed by atoms with E-state index in [1.807, 2.05) is 29.5 Å². The van der Waals surface area contributed by atoms with Gasteiger partial charge in [0.15, 0.2) is 0 Å². The van der Waals surface area contributed by atoms with Crippen molar-refractivity contribution in [3.8, 4) is 5.69 Å². The first-order valence-electron chi connectivity index (χ1n) is 15.2. The lowest BCUT2D eigenvalue weighted by atomic mass is 10.1. The molecule has 2 heterocycles. The Kier molecular flexibility index (Phi) is 6.97. The first kappa shape index (κ1) is 27.1. The second-order valence-electron chi connectivity index (χ2n) is 11.3. The molecule has 8 aromatic rings. The normalized spacial score (nSPS) is 12.7. The molecule has 8 rings (SSSR count). The number of allylic oxidation sites excluding steroid dienone is 1. The van der Waals surface area contributed by atoms with Crippen molar-refractivity contribution >= 4 is 65.7 Å². The minimum atomic E-state index is -0.260. The molecule has 2 aromatic heterocycles. The summed E-state index contributed by atoms with van der Waals surface area (Å²) in [6, 6.07) is 51.8. The molecule has 216 valence electrons. The molecule has 0 aliphatic carbocycles. The Morgan fingerprint density at radius 3 is 2.16 bits per heavy atom. The van der Waals surface area contributed by atoms with Gasteiger partial charge in [-0.3, -0.25) is 4.99 Å². The van der Waals surface area contributed by atoms with Gasteiger partial charge in [-0.25, -0.2) is 0 Å². The summed E-state index contributed by atoms with van der Waals surface area (Å²) in [5.41, 5.74) is 8.13. The van der Waals surface area contributed by atoms with Crippen LogP contribution in [0.5, 0.6) is 0 Å². The number of benzene rings is 6. The maximum atomic E-state index is 4.45. The van der Waals surface area contributed by atoms with Crippen LogP contribution in [0.2, 0.25) is 0 Å². The van der Waals surface area contributed by atoms with E-state index < -0.39 is 0 Å². The van der Waals surface area contributed by atoms with Crippen molar-refractivity contribution in [1.82, 2.24) is 9.88 Å². The van der Waals surface area contributed by atoms with Crippen LogP contribution in [0.1, 0.15) is 22.9 Å². The number of nitrogens with one attached hydrogen (secondary N) is 1. The van der Waals surface area contributed by atoms with E-state index >= 15 is 0 Å². The fourth-order valence-corrected chi connectivity index (χ4v) is 7.60. The van der Waals surface area contributed by atoms with Gasteiger partial charge in [-0.1, -0.05) is 133 Å². The molecule has 1 atom stereocenters. The van der Waals surface area contributed by atoms with E-state index in [1.165, 1.54) is 47.5 Å². The summed E-state index contributed by atoms with van der Waals surface area (Å²) in [6.45, 7) is 3.91. The zero-order valence-corrected chi connectivity index (χ0v) is 25.5. The van der Waals surface area contributed by atoms with Crippen LogP contribution >= 0.6 is 11.3 Å². The smallest absolute Gasteiger partial charge is 0.143 e. The fraction of sp³-hybridized carbons (Fsp3) is 0.0488. The summed E-state index contributed by atoms with van der Waals surface area (Å²) in [5.74, 6) is 0. The van der Waals surface area contributed by atoms with Gasteiger partial charge < -0.3 is 9.88 Å². The van der Waals surface area contributed by atoms with E-state index in [-0.39, 0.29) is 6.17 Å². The minimum absolute atomic E-state index is 0.260. The molecule has 3 nitrogen and oxygen atoms in total. The molecular weight excluding hydrogens is 567 g/mol. The van der Waals surface area contributed by atoms with Crippen molar-refractivity contribution in [2.24, 2.45) is 4.99 Å². The van der Waals surface area contributed by atoms with E-state index in [0.717, 1.165) is 28.9 Å². The van der Waals surface area contributed by atoms with Crippen molar-refractivity contribution in [2.45, 2.75) is 12.6 Å². The van der Waals surface area contributed by atoms with Gasteiger partial charge in [0.2, 0.25) is 0 Å².